The van der Waals surface area contributed by atoms with Gasteiger partial charge >= 0.3 is 5.97 Å². The van der Waals surface area contributed by atoms with Gasteiger partial charge in [-0.3, -0.25) is 4.79 Å². The molecule has 1 aromatic carbocycles. The first-order valence-corrected chi connectivity index (χ1v) is 6.43. The fourth-order valence-electron chi connectivity index (χ4n) is 1.98. The fourth-order valence-corrected chi connectivity index (χ4v) is 1.98. The first-order chi connectivity index (χ1) is 9.95. The van der Waals surface area contributed by atoms with E-state index in [-0.39, 0.29) is 29.5 Å². The lowest BCUT2D eigenvalue weighted by molar-refractivity contribution is -0.116. The molecule has 0 saturated heterocycles. The molecule has 0 unspecified atom stereocenters. The van der Waals surface area contributed by atoms with E-state index in [4.69, 9.17) is 5.11 Å². The summed E-state index contributed by atoms with van der Waals surface area (Å²) in [5, 5.41) is 11.6. The maximum absolute atomic E-state index is 12.8. The predicted octanol–water partition coefficient (Wildman–Crippen LogP) is 2.73. The topological polar surface area (TPSA) is 82.2 Å². The molecule has 2 rings (SSSR count). The Morgan fingerprint density at radius 2 is 1.95 bits per heavy atom. The Hall–Kier alpha value is -2.63. The van der Waals surface area contributed by atoms with E-state index in [1.807, 2.05) is 0 Å². The highest BCUT2D eigenvalue weighted by Crippen LogP contribution is 2.17. The largest absolute Gasteiger partial charge is 0.477 e. The van der Waals surface area contributed by atoms with Gasteiger partial charge in [0.15, 0.2) is 0 Å². The standard InChI is InChI=1S/C15H15FN2O3/c1-9-8-12(14(17-9)15(20)21)18-13(19)7-4-10-2-5-11(16)6-3-10/h2-3,5-6,8,17H,4,7H2,1H3,(H,18,19)(H,20,21). The van der Waals surface area contributed by atoms with Crippen LogP contribution in [0.15, 0.2) is 30.3 Å². The minimum absolute atomic E-state index is 0.0392. The zero-order valence-corrected chi connectivity index (χ0v) is 11.4. The van der Waals surface area contributed by atoms with Crippen LogP contribution in [0.5, 0.6) is 0 Å². The minimum Gasteiger partial charge on any atom is -0.477 e. The van der Waals surface area contributed by atoms with E-state index in [9.17, 15) is 14.0 Å². The Balaban J connectivity index is 1.96. The number of nitrogens with one attached hydrogen (secondary N) is 2. The number of rotatable bonds is 5. The monoisotopic (exact) mass is 290 g/mol. The number of aryl methyl sites for hydroxylation is 2. The molecule has 0 spiro atoms. The molecule has 0 bridgehead atoms. The van der Waals surface area contributed by atoms with Crippen molar-refractivity contribution in [2.24, 2.45) is 0 Å². The lowest BCUT2D eigenvalue weighted by Crippen LogP contribution is -2.14. The molecule has 0 aliphatic rings. The summed E-state index contributed by atoms with van der Waals surface area (Å²) >= 11 is 0. The SMILES string of the molecule is Cc1cc(NC(=O)CCc2ccc(F)cc2)c(C(=O)O)[nH]1. The first kappa shape index (κ1) is 14.8. The maximum atomic E-state index is 12.8. The lowest BCUT2D eigenvalue weighted by Gasteiger charge is -2.04. The summed E-state index contributed by atoms with van der Waals surface area (Å²) in [5.74, 6) is -1.74. The van der Waals surface area contributed by atoms with Crippen LogP contribution in [0, 0.1) is 12.7 Å². The molecular weight excluding hydrogens is 275 g/mol. The van der Waals surface area contributed by atoms with Crippen molar-refractivity contribution in [3.05, 3.63) is 53.1 Å². The van der Waals surface area contributed by atoms with Gasteiger partial charge in [-0.25, -0.2) is 9.18 Å². The van der Waals surface area contributed by atoms with Gasteiger partial charge in [0.1, 0.15) is 11.5 Å². The number of carboxylic acids is 1. The molecule has 1 amide bonds. The molecule has 1 heterocycles. The molecule has 0 radical (unpaired) electrons. The third-order valence-electron chi connectivity index (χ3n) is 2.99. The summed E-state index contributed by atoms with van der Waals surface area (Å²) in [7, 11) is 0. The average Bonchev–Trinajstić information content (AvgIpc) is 2.79. The molecule has 1 aromatic heterocycles. The maximum Gasteiger partial charge on any atom is 0.354 e. The van der Waals surface area contributed by atoms with Gasteiger partial charge in [0.05, 0.1) is 5.69 Å². The smallest absolute Gasteiger partial charge is 0.354 e. The van der Waals surface area contributed by atoms with Gasteiger partial charge in [0, 0.05) is 12.1 Å². The molecule has 110 valence electrons. The molecule has 3 N–H and O–H groups in total. The van der Waals surface area contributed by atoms with Crippen molar-refractivity contribution >= 4 is 17.6 Å². The van der Waals surface area contributed by atoms with E-state index in [1.54, 1.807) is 25.1 Å². The number of hydrogen-bond donors (Lipinski definition) is 3. The number of H-pyrrole nitrogens is 1. The second-order valence-electron chi connectivity index (χ2n) is 4.72. The van der Waals surface area contributed by atoms with Crippen molar-refractivity contribution in [2.75, 3.05) is 5.32 Å². The number of carbonyl (C=O) groups excluding carboxylic acids is 1. The van der Waals surface area contributed by atoms with Crippen molar-refractivity contribution in [2.45, 2.75) is 19.8 Å². The molecule has 0 atom stereocenters. The number of amides is 1. The number of aromatic amines is 1. The quantitative estimate of drug-likeness (QED) is 0.791. The average molecular weight is 290 g/mol. The van der Waals surface area contributed by atoms with Gasteiger partial charge in [-0.2, -0.15) is 0 Å². The molecule has 6 heteroatoms. The number of carbonyl (C=O) groups is 2. The van der Waals surface area contributed by atoms with Crippen LogP contribution < -0.4 is 5.32 Å². The Bertz CT molecular complexity index is 662. The van der Waals surface area contributed by atoms with Crippen LogP contribution in [0.2, 0.25) is 0 Å². The summed E-state index contributed by atoms with van der Waals surface area (Å²) in [4.78, 5) is 25.5. The van der Waals surface area contributed by atoms with Gasteiger partial charge in [0.2, 0.25) is 5.91 Å². The second-order valence-corrected chi connectivity index (χ2v) is 4.72. The third-order valence-corrected chi connectivity index (χ3v) is 2.99. The molecule has 0 fully saturated rings. The Labute approximate surface area is 120 Å². The van der Waals surface area contributed by atoms with E-state index < -0.39 is 5.97 Å². The number of aromatic nitrogens is 1. The number of benzene rings is 1. The predicted molar refractivity (Wildman–Crippen MR) is 75.8 cm³/mol. The third kappa shape index (κ3) is 3.92. The molecule has 0 saturated carbocycles. The van der Waals surface area contributed by atoms with E-state index in [0.29, 0.717) is 12.1 Å². The van der Waals surface area contributed by atoms with Crippen LogP contribution in [0.25, 0.3) is 0 Å². The van der Waals surface area contributed by atoms with E-state index in [0.717, 1.165) is 5.56 Å². The number of anilines is 1. The number of carboxylic acid groups (broad SMARTS) is 1. The Morgan fingerprint density at radius 3 is 2.57 bits per heavy atom. The van der Waals surface area contributed by atoms with Gasteiger partial charge < -0.3 is 15.4 Å². The number of halogens is 1. The summed E-state index contributed by atoms with van der Waals surface area (Å²) in [5.41, 5.74) is 1.71. The molecule has 5 nitrogen and oxygen atoms in total. The van der Waals surface area contributed by atoms with Crippen LogP contribution in [-0.4, -0.2) is 22.0 Å². The Morgan fingerprint density at radius 1 is 1.29 bits per heavy atom. The highest BCUT2D eigenvalue weighted by molar-refractivity contribution is 5.99. The zero-order valence-electron chi connectivity index (χ0n) is 11.4. The zero-order chi connectivity index (χ0) is 15.4. The van der Waals surface area contributed by atoms with E-state index in [1.165, 1.54) is 12.1 Å². The van der Waals surface area contributed by atoms with E-state index in [2.05, 4.69) is 10.3 Å². The normalized spacial score (nSPS) is 10.4. The fraction of sp³-hybridized carbons (Fsp3) is 0.200. The first-order valence-electron chi connectivity index (χ1n) is 6.43. The Kier molecular flexibility index (Phi) is 4.37. The van der Waals surface area contributed by atoms with Crippen LogP contribution in [-0.2, 0) is 11.2 Å². The minimum atomic E-state index is -1.13. The van der Waals surface area contributed by atoms with Crippen LogP contribution in [0.1, 0.15) is 28.2 Å². The number of aromatic carboxylic acids is 1. The summed E-state index contributed by atoms with van der Waals surface area (Å²) in [6.45, 7) is 1.71. The molecular formula is C15H15FN2O3. The molecule has 2 aromatic rings. The van der Waals surface area contributed by atoms with Gasteiger partial charge in [0.25, 0.3) is 0 Å². The molecule has 0 aliphatic heterocycles. The summed E-state index contributed by atoms with van der Waals surface area (Å²) in [6.07, 6.45) is 0.646. The summed E-state index contributed by atoms with van der Waals surface area (Å²) in [6, 6.07) is 7.48. The van der Waals surface area contributed by atoms with Crippen molar-refractivity contribution < 1.29 is 19.1 Å². The highest BCUT2D eigenvalue weighted by Gasteiger charge is 2.15. The molecule has 0 aliphatic carbocycles. The van der Waals surface area contributed by atoms with Gasteiger partial charge in [-0.1, -0.05) is 12.1 Å². The van der Waals surface area contributed by atoms with Crippen LogP contribution in [0.3, 0.4) is 0 Å². The lowest BCUT2D eigenvalue weighted by atomic mass is 10.1. The molecule has 21 heavy (non-hydrogen) atoms. The van der Waals surface area contributed by atoms with Crippen LogP contribution >= 0.6 is 0 Å². The second kappa shape index (κ2) is 6.21. The van der Waals surface area contributed by atoms with Crippen molar-refractivity contribution in [1.29, 1.82) is 0 Å². The van der Waals surface area contributed by atoms with Crippen molar-refractivity contribution in [3.63, 3.8) is 0 Å². The van der Waals surface area contributed by atoms with E-state index >= 15 is 0 Å². The van der Waals surface area contributed by atoms with Gasteiger partial charge in [-0.15, -0.1) is 0 Å². The number of hydrogen-bond acceptors (Lipinski definition) is 2. The van der Waals surface area contributed by atoms with Gasteiger partial charge in [-0.05, 0) is 37.1 Å². The van der Waals surface area contributed by atoms with Crippen molar-refractivity contribution in [1.82, 2.24) is 4.98 Å². The van der Waals surface area contributed by atoms with Crippen LogP contribution in [0.4, 0.5) is 10.1 Å². The van der Waals surface area contributed by atoms with Crippen molar-refractivity contribution in [3.8, 4) is 0 Å². The summed E-state index contributed by atoms with van der Waals surface area (Å²) < 4.78 is 12.8. The highest BCUT2D eigenvalue weighted by atomic mass is 19.1.